The Balaban J connectivity index is 1.48. The van der Waals surface area contributed by atoms with Crippen LogP contribution in [0, 0.1) is 0 Å². The van der Waals surface area contributed by atoms with Crippen molar-refractivity contribution in [2.75, 3.05) is 38.8 Å². The Bertz CT molecular complexity index is 1340. The van der Waals surface area contributed by atoms with E-state index in [-0.39, 0.29) is 6.23 Å². The van der Waals surface area contributed by atoms with Crippen LogP contribution in [0.5, 0.6) is 11.5 Å². The largest absolute Gasteiger partial charge is 0.497 e. The van der Waals surface area contributed by atoms with Crippen LogP contribution in [-0.2, 0) is 4.74 Å². The average molecular weight is 516 g/mol. The van der Waals surface area contributed by atoms with Crippen LogP contribution in [0.25, 0.3) is 22.0 Å². The van der Waals surface area contributed by atoms with Crippen LogP contribution in [0.1, 0.15) is 39.3 Å². The Labute approximate surface area is 224 Å². The third-order valence-corrected chi connectivity index (χ3v) is 6.90. The summed E-state index contributed by atoms with van der Waals surface area (Å²) in [6, 6.07) is 15.0. The molecule has 1 aliphatic rings. The molecule has 4 aromatic rings. The monoisotopic (exact) mass is 515 g/mol. The molecule has 5 rings (SSSR count). The van der Waals surface area contributed by atoms with E-state index >= 15 is 0 Å². The Morgan fingerprint density at radius 2 is 1.82 bits per heavy atom. The zero-order valence-corrected chi connectivity index (χ0v) is 22.7. The number of nitrogens with zero attached hydrogens (tertiary/aromatic N) is 4. The van der Waals surface area contributed by atoms with E-state index in [2.05, 4.69) is 59.6 Å². The SMILES string of the molecule is COc1cc(OC)cc(N(CCNC(C)C)c2ccc3ncc(-c4cnn(C5CCCCO5)c4)cc3c2)c1. The van der Waals surface area contributed by atoms with Crippen LogP contribution in [0.2, 0.25) is 0 Å². The van der Waals surface area contributed by atoms with E-state index in [9.17, 15) is 0 Å². The van der Waals surface area contributed by atoms with Crippen LogP contribution < -0.4 is 19.7 Å². The molecule has 0 saturated carbocycles. The van der Waals surface area contributed by atoms with E-state index in [1.807, 2.05) is 35.3 Å². The Morgan fingerprint density at radius 3 is 2.53 bits per heavy atom. The number of rotatable bonds is 10. The highest BCUT2D eigenvalue weighted by Crippen LogP contribution is 2.34. The first kappa shape index (κ1) is 26.0. The molecule has 0 radical (unpaired) electrons. The van der Waals surface area contributed by atoms with Gasteiger partial charge in [0.15, 0.2) is 0 Å². The fourth-order valence-corrected chi connectivity index (χ4v) is 4.84. The maximum absolute atomic E-state index is 5.90. The number of fused-ring (bicyclic) bond motifs is 1. The molecule has 1 unspecified atom stereocenters. The lowest BCUT2D eigenvalue weighted by Gasteiger charge is -2.27. The van der Waals surface area contributed by atoms with E-state index in [1.165, 1.54) is 6.42 Å². The number of pyridine rings is 1. The van der Waals surface area contributed by atoms with Crippen molar-refractivity contribution < 1.29 is 14.2 Å². The fourth-order valence-electron chi connectivity index (χ4n) is 4.84. The van der Waals surface area contributed by atoms with Crippen LogP contribution in [0.3, 0.4) is 0 Å². The van der Waals surface area contributed by atoms with Gasteiger partial charge in [-0.25, -0.2) is 4.68 Å². The van der Waals surface area contributed by atoms with Gasteiger partial charge in [0.05, 0.1) is 25.9 Å². The van der Waals surface area contributed by atoms with Crippen LogP contribution in [-0.4, -0.2) is 54.7 Å². The van der Waals surface area contributed by atoms with Crippen molar-refractivity contribution in [3.8, 4) is 22.6 Å². The van der Waals surface area contributed by atoms with E-state index < -0.39 is 0 Å². The number of anilines is 2. The zero-order valence-electron chi connectivity index (χ0n) is 22.7. The highest BCUT2D eigenvalue weighted by molar-refractivity contribution is 5.87. The molecule has 0 amide bonds. The molecule has 2 aromatic carbocycles. The van der Waals surface area contributed by atoms with Gasteiger partial charge in [-0.2, -0.15) is 5.10 Å². The summed E-state index contributed by atoms with van der Waals surface area (Å²) in [6.45, 7) is 6.72. The molecule has 0 spiro atoms. The van der Waals surface area contributed by atoms with E-state index in [1.54, 1.807) is 14.2 Å². The molecule has 1 saturated heterocycles. The van der Waals surface area contributed by atoms with Gasteiger partial charge < -0.3 is 24.4 Å². The summed E-state index contributed by atoms with van der Waals surface area (Å²) in [7, 11) is 3.35. The molecule has 3 heterocycles. The van der Waals surface area contributed by atoms with Crippen LogP contribution in [0.4, 0.5) is 11.4 Å². The molecule has 8 nitrogen and oxygen atoms in total. The molecule has 1 atom stereocenters. The standard InChI is InChI=1S/C30H37N5O3/c1-21(2)31-10-11-34(26-15-27(36-3)17-28(16-26)37-4)25-8-9-29-22(14-25)13-23(18-32-29)24-19-33-35(20-24)30-7-5-6-12-38-30/h8-9,13-21,30-31H,5-7,10-12H2,1-4H3. The third-order valence-electron chi connectivity index (χ3n) is 6.90. The topological polar surface area (TPSA) is 73.7 Å². The Kier molecular flexibility index (Phi) is 8.10. The zero-order chi connectivity index (χ0) is 26.5. The molecule has 0 bridgehead atoms. The molecule has 1 aliphatic heterocycles. The second-order valence-electron chi connectivity index (χ2n) is 9.96. The van der Waals surface area contributed by atoms with Crippen LogP contribution >= 0.6 is 0 Å². The molecule has 8 heteroatoms. The van der Waals surface area contributed by atoms with Crippen molar-refractivity contribution in [3.05, 3.63) is 61.1 Å². The second kappa shape index (κ2) is 11.8. The van der Waals surface area contributed by atoms with Gasteiger partial charge in [0.25, 0.3) is 0 Å². The summed E-state index contributed by atoms with van der Waals surface area (Å²) < 4.78 is 19.0. The lowest BCUT2D eigenvalue weighted by molar-refractivity contribution is -0.0394. The highest BCUT2D eigenvalue weighted by Gasteiger charge is 2.18. The van der Waals surface area contributed by atoms with E-state index in [0.29, 0.717) is 6.04 Å². The molecule has 2 aromatic heterocycles. The van der Waals surface area contributed by atoms with Crippen molar-refractivity contribution in [2.24, 2.45) is 0 Å². The lowest BCUT2D eigenvalue weighted by Crippen LogP contribution is -2.32. The summed E-state index contributed by atoms with van der Waals surface area (Å²) in [5.41, 5.74) is 5.10. The Morgan fingerprint density at radius 1 is 1.00 bits per heavy atom. The lowest BCUT2D eigenvalue weighted by atomic mass is 10.1. The summed E-state index contributed by atoms with van der Waals surface area (Å²) in [5, 5.41) is 9.19. The molecular formula is C30H37N5O3. The van der Waals surface area contributed by atoms with Gasteiger partial charge in [0.2, 0.25) is 0 Å². The van der Waals surface area contributed by atoms with E-state index in [4.69, 9.17) is 19.2 Å². The van der Waals surface area contributed by atoms with Gasteiger partial charge in [0.1, 0.15) is 17.7 Å². The summed E-state index contributed by atoms with van der Waals surface area (Å²) in [6.07, 6.45) is 9.19. The van der Waals surface area contributed by atoms with Crippen molar-refractivity contribution in [1.29, 1.82) is 0 Å². The first-order valence-electron chi connectivity index (χ1n) is 13.3. The van der Waals surface area contributed by atoms with Gasteiger partial charge in [-0.1, -0.05) is 13.8 Å². The Hall–Kier alpha value is -3.62. The molecule has 38 heavy (non-hydrogen) atoms. The fraction of sp³-hybridized carbons (Fsp3) is 0.400. The van der Waals surface area contributed by atoms with Crippen molar-refractivity contribution >= 4 is 22.3 Å². The number of aromatic nitrogens is 3. The third kappa shape index (κ3) is 5.92. The molecule has 1 N–H and O–H groups in total. The maximum atomic E-state index is 5.90. The number of hydrogen-bond donors (Lipinski definition) is 1. The van der Waals surface area contributed by atoms with Gasteiger partial charge in [0, 0.05) is 84.2 Å². The van der Waals surface area contributed by atoms with Gasteiger partial charge in [-0.05, 0) is 43.5 Å². The predicted octanol–water partition coefficient (Wildman–Crippen LogP) is 5.95. The second-order valence-corrected chi connectivity index (χ2v) is 9.96. The maximum Gasteiger partial charge on any atom is 0.150 e. The normalized spacial score (nSPS) is 15.7. The number of hydrogen-bond acceptors (Lipinski definition) is 7. The predicted molar refractivity (Wildman–Crippen MR) is 151 cm³/mol. The minimum Gasteiger partial charge on any atom is -0.497 e. The minimum absolute atomic E-state index is 0.0189. The van der Waals surface area contributed by atoms with Crippen molar-refractivity contribution in [3.63, 3.8) is 0 Å². The van der Waals surface area contributed by atoms with Gasteiger partial charge in [-0.3, -0.25) is 4.98 Å². The molecule has 0 aliphatic carbocycles. The molecular weight excluding hydrogens is 478 g/mol. The summed E-state index contributed by atoms with van der Waals surface area (Å²) in [5.74, 6) is 1.51. The average Bonchev–Trinajstić information content (AvgIpc) is 3.45. The van der Waals surface area contributed by atoms with Gasteiger partial charge >= 0.3 is 0 Å². The number of methoxy groups -OCH3 is 2. The number of benzene rings is 2. The first-order chi connectivity index (χ1) is 18.5. The van der Waals surface area contributed by atoms with Crippen molar-refractivity contribution in [2.45, 2.75) is 45.4 Å². The minimum atomic E-state index is 0.0189. The summed E-state index contributed by atoms with van der Waals surface area (Å²) in [4.78, 5) is 7.04. The highest BCUT2D eigenvalue weighted by atomic mass is 16.5. The quantitative estimate of drug-likeness (QED) is 0.280. The first-order valence-corrected chi connectivity index (χ1v) is 13.3. The smallest absolute Gasteiger partial charge is 0.150 e. The number of ether oxygens (including phenoxy) is 3. The molecule has 200 valence electrons. The molecule has 1 fully saturated rings. The van der Waals surface area contributed by atoms with Crippen molar-refractivity contribution in [1.82, 2.24) is 20.1 Å². The summed E-state index contributed by atoms with van der Waals surface area (Å²) >= 11 is 0. The van der Waals surface area contributed by atoms with Gasteiger partial charge in [-0.15, -0.1) is 0 Å². The number of nitrogens with one attached hydrogen (secondary N) is 1. The van der Waals surface area contributed by atoms with Crippen LogP contribution in [0.15, 0.2) is 61.1 Å². The van der Waals surface area contributed by atoms with E-state index in [0.717, 1.165) is 77.4 Å².